The smallest absolute Gasteiger partial charge is 0.356 e. The van der Waals surface area contributed by atoms with E-state index in [0.717, 1.165) is 25.3 Å². The van der Waals surface area contributed by atoms with E-state index in [1.807, 2.05) is 0 Å². The lowest BCUT2D eigenvalue weighted by molar-refractivity contribution is 0.0595. The Kier molecular flexibility index (Phi) is 6.07. The predicted octanol–water partition coefficient (Wildman–Crippen LogP) is 2.25. The van der Waals surface area contributed by atoms with E-state index in [1.165, 1.54) is 0 Å². The third-order valence-electron chi connectivity index (χ3n) is 3.27. The van der Waals surface area contributed by atoms with E-state index in [-0.39, 0.29) is 23.5 Å². The lowest BCUT2D eigenvalue weighted by Crippen LogP contribution is -2.36. The van der Waals surface area contributed by atoms with Crippen molar-refractivity contribution < 1.29 is 23.1 Å². The average Bonchev–Trinajstić information content (AvgIpc) is 2.94. The largest absolute Gasteiger partial charge is 0.464 e. The molecule has 2 N–H and O–H groups in total. The third-order valence-corrected chi connectivity index (χ3v) is 3.83. The molecular formula is C15H14BrF2N3O4. The van der Waals surface area contributed by atoms with Crippen LogP contribution in [0.4, 0.5) is 13.6 Å². The minimum Gasteiger partial charge on any atom is -0.464 e. The number of esters is 1. The Balaban J connectivity index is 2.61. The van der Waals surface area contributed by atoms with Crippen LogP contribution in [0.5, 0.6) is 0 Å². The van der Waals surface area contributed by atoms with Crippen LogP contribution in [-0.4, -0.2) is 40.5 Å². The monoisotopic (exact) mass is 417 g/mol. The predicted molar refractivity (Wildman–Crippen MR) is 89.0 cm³/mol. The summed E-state index contributed by atoms with van der Waals surface area (Å²) in [5, 5.41) is 3.14. The summed E-state index contributed by atoms with van der Waals surface area (Å²) in [6.45, 7) is 0.270. The fraction of sp³-hybridized carbons (Fsp3) is 0.267. The molecule has 0 aliphatic carbocycles. The maximum absolute atomic E-state index is 13.6. The molecule has 1 amide bonds. The number of nitrogens with zero attached hydrogens (tertiary/aromatic N) is 1. The number of carbonyl (C=O) groups excluding carboxylic acids is 2. The van der Waals surface area contributed by atoms with E-state index in [9.17, 15) is 23.2 Å². The Bertz CT molecular complexity index is 863. The molecule has 1 heterocycles. The minimum atomic E-state index is -1.19. The van der Waals surface area contributed by atoms with Crippen LogP contribution in [0.3, 0.4) is 0 Å². The van der Waals surface area contributed by atoms with Crippen molar-refractivity contribution in [1.29, 1.82) is 0 Å². The van der Waals surface area contributed by atoms with Gasteiger partial charge >= 0.3 is 17.7 Å². The number of nitrogens with one attached hydrogen (secondary N) is 2. The van der Waals surface area contributed by atoms with Crippen molar-refractivity contribution in [2.45, 2.75) is 6.42 Å². The van der Waals surface area contributed by atoms with Gasteiger partial charge in [0.05, 0.1) is 12.8 Å². The first-order valence-electron chi connectivity index (χ1n) is 7.13. The van der Waals surface area contributed by atoms with Crippen LogP contribution in [0.2, 0.25) is 0 Å². The van der Waals surface area contributed by atoms with Gasteiger partial charge in [0.2, 0.25) is 0 Å². The fourth-order valence-electron chi connectivity index (χ4n) is 2.14. The van der Waals surface area contributed by atoms with E-state index in [4.69, 9.17) is 0 Å². The summed E-state index contributed by atoms with van der Waals surface area (Å²) in [6.07, 6.45) is 0.606. The van der Waals surface area contributed by atoms with Crippen molar-refractivity contribution in [2.75, 3.05) is 19.0 Å². The van der Waals surface area contributed by atoms with Crippen LogP contribution >= 0.6 is 15.9 Å². The number of aromatic amines is 1. The van der Waals surface area contributed by atoms with Gasteiger partial charge in [-0.1, -0.05) is 15.9 Å². The van der Waals surface area contributed by atoms with E-state index in [0.29, 0.717) is 16.3 Å². The van der Waals surface area contributed by atoms with Gasteiger partial charge < -0.3 is 10.1 Å². The zero-order valence-electron chi connectivity index (χ0n) is 13.1. The average molecular weight is 418 g/mol. The number of benzene rings is 1. The van der Waals surface area contributed by atoms with E-state index in [2.05, 4.69) is 31.0 Å². The highest BCUT2D eigenvalue weighted by Gasteiger charge is 2.26. The maximum Gasteiger partial charge on any atom is 0.356 e. The Hall–Kier alpha value is -2.49. The molecule has 25 heavy (non-hydrogen) atoms. The number of aromatic nitrogens is 2. The van der Waals surface area contributed by atoms with Gasteiger partial charge in [-0.3, -0.25) is 4.98 Å². The number of ether oxygens (including phenoxy) is 1. The van der Waals surface area contributed by atoms with Crippen LogP contribution in [0.15, 0.2) is 23.0 Å². The molecule has 134 valence electrons. The Morgan fingerprint density at radius 1 is 1.32 bits per heavy atom. The summed E-state index contributed by atoms with van der Waals surface area (Å²) in [5.41, 5.74) is -1.49. The summed E-state index contributed by atoms with van der Waals surface area (Å²) < 4.78 is 32.0. The van der Waals surface area contributed by atoms with Gasteiger partial charge in [0.25, 0.3) is 0 Å². The lowest BCUT2D eigenvalue weighted by Gasteiger charge is -2.09. The summed E-state index contributed by atoms with van der Waals surface area (Å²) in [7, 11) is 1.09. The number of H-pyrrole nitrogens is 1. The molecule has 0 atom stereocenters. The molecule has 7 nitrogen and oxygen atoms in total. The number of hydrogen-bond acceptors (Lipinski definition) is 4. The quantitative estimate of drug-likeness (QED) is 0.443. The molecule has 0 saturated carbocycles. The second-order valence-corrected chi connectivity index (χ2v) is 5.68. The highest BCUT2D eigenvalue weighted by molar-refractivity contribution is 9.09. The molecule has 0 fully saturated rings. The number of halogens is 3. The van der Waals surface area contributed by atoms with Crippen LogP contribution in [-0.2, 0) is 4.74 Å². The number of hydrogen-bond donors (Lipinski definition) is 2. The summed E-state index contributed by atoms with van der Waals surface area (Å²) in [6, 6.07) is 1.95. The number of alkyl halides is 1. The number of rotatable bonds is 5. The first-order valence-corrected chi connectivity index (χ1v) is 8.25. The lowest BCUT2D eigenvalue weighted by atomic mass is 10.1. The van der Waals surface area contributed by atoms with Gasteiger partial charge in [-0.2, -0.15) is 0 Å². The summed E-state index contributed by atoms with van der Waals surface area (Å²) in [4.78, 5) is 38.6. The molecule has 0 bridgehead atoms. The van der Waals surface area contributed by atoms with Gasteiger partial charge in [-0.15, -0.1) is 0 Å². The van der Waals surface area contributed by atoms with Crippen molar-refractivity contribution in [3.63, 3.8) is 0 Å². The maximum atomic E-state index is 13.6. The van der Waals surface area contributed by atoms with Gasteiger partial charge in [-0.25, -0.2) is 27.7 Å². The first-order chi connectivity index (χ1) is 11.9. The van der Waals surface area contributed by atoms with Crippen LogP contribution < -0.4 is 11.0 Å². The van der Waals surface area contributed by atoms with Gasteiger partial charge in [0, 0.05) is 17.4 Å². The molecule has 0 unspecified atom stereocenters. The summed E-state index contributed by atoms with van der Waals surface area (Å²) >= 11 is 3.20. The van der Waals surface area contributed by atoms with Gasteiger partial charge in [0.15, 0.2) is 17.3 Å². The highest BCUT2D eigenvalue weighted by atomic mass is 79.9. The molecule has 0 spiro atoms. The van der Waals surface area contributed by atoms with E-state index >= 15 is 0 Å². The molecule has 1 aromatic carbocycles. The minimum absolute atomic E-state index is 0.0340. The van der Waals surface area contributed by atoms with Crippen LogP contribution in [0.1, 0.15) is 16.9 Å². The standard InChI is InChI=1S/C15H14BrF2N3O4/c1-25-13(22)11-12(8-3-4-9(17)10(18)7-8)21(15(24)20-11)14(23)19-6-2-5-16/h3-4,7H,2,5-6H2,1H3,(H,19,23)(H,20,24). The third kappa shape index (κ3) is 3.95. The topological polar surface area (TPSA) is 93.2 Å². The van der Waals surface area contributed by atoms with E-state index in [1.54, 1.807) is 0 Å². The number of carbonyl (C=O) groups is 2. The Morgan fingerprint density at radius 3 is 2.64 bits per heavy atom. The van der Waals surface area contributed by atoms with Crippen molar-refractivity contribution in [3.05, 3.63) is 46.0 Å². The van der Waals surface area contributed by atoms with Crippen molar-refractivity contribution in [1.82, 2.24) is 14.9 Å². The van der Waals surface area contributed by atoms with Gasteiger partial charge in [0.1, 0.15) is 0 Å². The molecule has 0 aliphatic heterocycles. The molecule has 0 aliphatic rings. The molecule has 0 saturated heterocycles. The zero-order chi connectivity index (χ0) is 18.6. The van der Waals surface area contributed by atoms with E-state index < -0.39 is 29.3 Å². The number of methoxy groups -OCH3 is 1. The SMILES string of the molecule is COC(=O)c1[nH]c(=O)n(C(=O)NCCCBr)c1-c1ccc(F)c(F)c1. The summed E-state index contributed by atoms with van der Waals surface area (Å²) in [5.74, 6) is -3.22. The Labute approximate surface area is 149 Å². The normalized spacial score (nSPS) is 10.6. The molecule has 2 rings (SSSR count). The van der Waals surface area contributed by atoms with Crippen molar-refractivity contribution in [2.24, 2.45) is 0 Å². The number of imidazole rings is 1. The highest BCUT2D eigenvalue weighted by Crippen LogP contribution is 2.24. The Morgan fingerprint density at radius 2 is 2.04 bits per heavy atom. The van der Waals surface area contributed by atoms with Crippen LogP contribution in [0, 0.1) is 11.6 Å². The molecule has 2 aromatic rings. The molecule has 1 aromatic heterocycles. The zero-order valence-corrected chi connectivity index (χ0v) is 14.7. The second kappa shape index (κ2) is 8.06. The molecular weight excluding hydrogens is 404 g/mol. The number of amides is 1. The molecule has 10 heteroatoms. The molecule has 0 radical (unpaired) electrons. The van der Waals surface area contributed by atoms with Crippen molar-refractivity contribution in [3.8, 4) is 11.3 Å². The second-order valence-electron chi connectivity index (χ2n) is 4.88. The first kappa shape index (κ1) is 18.8. The van der Waals surface area contributed by atoms with Gasteiger partial charge in [-0.05, 0) is 24.6 Å². The van der Waals surface area contributed by atoms with Crippen LogP contribution in [0.25, 0.3) is 11.3 Å². The van der Waals surface area contributed by atoms with Crippen molar-refractivity contribution >= 4 is 27.9 Å². The fourth-order valence-corrected chi connectivity index (χ4v) is 2.42.